The van der Waals surface area contributed by atoms with Gasteiger partial charge in [0.25, 0.3) is 0 Å². The van der Waals surface area contributed by atoms with Crippen molar-refractivity contribution < 1.29 is 34.0 Å². The third-order valence-corrected chi connectivity index (χ3v) is 12.3. The van der Waals surface area contributed by atoms with E-state index in [0.717, 1.165) is 36.8 Å². The van der Waals surface area contributed by atoms with E-state index >= 15 is 0 Å². The van der Waals surface area contributed by atoms with Crippen LogP contribution in [0, 0.1) is 46.3 Å². The third-order valence-electron chi connectivity index (χ3n) is 12.3. The summed E-state index contributed by atoms with van der Waals surface area (Å²) in [5.74, 6) is -2.74. The number of nitrogens with zero attached hydrogens (tertiary/aromatic N) is 2. The number of fused-ring (bicyclic) bond motifs is 5. The molecule has 0 saturated heterocycles. The van der Waals surface area contributed by atoms with Gasteiger partial charge in [-0.1, -0.05) is 67.0 Å². The van der Waals surface area contributed by atoms with Crippen LogP contribution in [0.1, 0.15) is 115 Å². The molecule has 0 spiro atoms. The van der Waals surface area contributed by atoms with Crippen molar-refractivity contribution in [3.05, 3.63) is 23.3 Å². The highest BCUT2D eigenvalue weighted by Gasteiger charge is 2.71. The van der Waals surface area contributed by atoms with Crippen molar-refractivity contribution in [2.45, 2.75) is 138 Å². The number of Topliss-reactive ketones (excluding diaryl/α,β-unsaturated/α-hetero) is 1. The fourth-order valence-corrected chi connectivity index (χ4v) is 8.61. The Bertz CT molecular complexity index is 1220. The highest BCUT2D eigenvalue weighted by Crippen LogP contribution is 2.74. The quantitative estimate of drug-likeness (QED) is 0.0846. The Morgan fingerprint density at radius 3 is 2.42 bits per heavy atom. The van der Waals surface area contributed by atoms with E-state index in [0.29, 0.717) is 31.4 Å². The van der Waals surface area contributed by atoms with E-state index in [9.17, 15) is 19.8 Å². The first-order chi connectivity index (χ1) is 22.3. The molecule has 3 rings (SSSR count). The molecule has 9 heteroatoms. The number of azo groups is 1. The number of allylic oxidation sites excluding steroid dienone is 2. The van der Waals surface area contributed by atoms with Gasteiger partial charge in [-0.25, -0.2) is 0 Å². The standard InChI is InChI=1S/C39H66N2O7/c1-13-28(17-18-46-12)22-40-41-27(6)30(14-2)35(43)48-34-25(4)16-15-24(3)20-38(11)33(36(38,7)8)31-19-29(23-47-37(9,10)44)26(5)39(34,45)21-32(31)42/h16,19,24,26-28,30-31,33-34,44-45H,13-15,17-18,20-23H2,1-12H3. The van der Waals surface area contributed by atoms with Crippen LogP contribution in [0.5, 0.6) is 0 Å². The number of ketones is 1. The summed E-state index contributed by atoms with van der Waals surface area (Å²) in [4.78, 5) is 28.4. The first-order valence-electron chi connectivity index (χ1n) is 18.3. The first kappa shape index (κ1) is 40.5. The monoisotopic (exact) mass is 674 g/mol. The molecule has 0 aromatic heterocycles. The molecule has 0 heterocycles. The van der Waals surface area contributed by atoms with E-state index in [1.54, 1.807) is 21.0 Å². The van der Waals surface area contributed by atoms with Gasteiger partial charge in [-0.05, 0) is 93.1 Å². The fourth-order valence-electron chi connectivity index (χ4n) is 8.61. The van der Waals surface area contributed by atoms with E-state index in [1.807, 2.05) is 33.8 Å². The van der Waals surface area contributed by atoms with Crippen LogP contribution in [0.25, 0.3) is 0 Å². The summed E-state index contributed by atoms with van der Waals surface area (Å²) in [7, 11) is 1.69. The normalized spacial score (nSPS) is 34.2. The second kappa shape index (κ2) is 15.9. The van der Waals surface area contributed by atoms with Crippen LogP contribution in [0.3, 0.4) is 0 Å². The third kappa shape index (κ3) is 8.85. The topological polar surface area (TPSA) is 127 Å². The van der Waals surface area contributed by atoms with E-state index in [4.69, 9.17) is 14.2 Å². The minimum Gasteiger partial charge on any atom is -0.454 e. The average molecular weight is 675 g/mol. The smallest absolute Gasteiger partial charge is 0.311 e. The molecular formula is C39H66N2O7. The van der Waals surface area contributed by atoms with Crippen LogP contribution in [-0.4, -0.2) is 72.4 Å². The van der Waals surface area contributed by atoms with Crippen molar-refractivity contribution in [3.8, 4) is 0 Å². The van der Waals surface area contributed by atoms with E-state index in [1.165, 1.54) is 0 Å². The molecule has 1 fully saturated rings. The number of ether oxygens (including phenoxy) is 3. The number of aliphatic hydroxyl groups is 2. The van der Waals surface area contributed by atoms with Gasteiger partial charge >= 0.3 is 5.97 Å². The largest absolute Gasteiger partial charge is 0.454 e. The van der Waals surface area contributed by atoms with Gasteiger partial charge in [0.2, 0.25) is 0 Å². The Kier molecular flexibility index (Phi) is 13.5. The first-order valence-corrected chi connectivity index (χ1v) is 18.3. The fraction of sp³-hybridized carbons (Fsp3) is 0.846. The van der Waals surface area contributed by atoms with Gasteiger partial charge < -0.3 is 24.4 Å². The molecule has 2 N–H and O–H groups in total. The van der Waals surface area contributed by atoms with Crippen molar-refractivity contribution in [1.29, 1.82) is 0 Å². The summed E-state index contributed by atoms with van der Waals surface area (Å²) >= 11 is 0. The molecule has 10 unspecified atom stereocenters. The molecule has 2 bridgehead atoms. The summed E-state index contributed by atoms with van der Waals surface area (Å²) in [6.07, 6.45) is 6.95. The Labute approximate surface area is 290 Å². The molecule has 10 atom stereocenters. The van der Waals surface area contributed by atoms with Gasteiger partial charge in [-0.2, -0.15) is 10.2 Å². The summed E-state index contributed by atoms with van der Waals surface area (Å²) < 4.78 is 17.5. The van der Waals surface area contributed by atoms with Crippen LogP contribution in [-0.2, 0) is 23.8 Å². The van der Waals surface area contributed by atoms with Crippen molar-refractivity contribution in [2.24, 2.45) is 56.6 Å². The van der Waals surface area contributed by atoms with Gasteiger partial charge in [0.1, 0.15) is 11.4 Å². The van der Waals surface area contributed by atoms with Crippen molar-refractivity contribution in [2.75, 3.05) is 26.9 Å². The lowest BCUT2D eigenvalue weighted by Crippen LogP contribution is -2.53. The molecule has 274 valence electrons. The minimum absolute atomic E-state index is 0.0403. The van der Waals surface area contributed by atoms with Gasteiger partial charge in [0.05, 0.1) is 25.1 Å². The molecule has 3 aliphatic carbocycles. The van der Waals surface area contributed by atoms with E-state index in [-0.39, 0.29) is 35.6 Å². The number of methoxy groups -OCH3 is 1. The number of hydrogen-bond donors (Lipinski definition) is 2. The van der Waals surface area contributed by atoms with Crippen LogP contribution in [0.2, 0.25) is 0 Å². The summed E-state index contributed by atoms with van der Waals surface area (Å²) in [6.45, 7) is 23.1. The molecule has 1 saturated carbocycles. The lowest BCUT2D eigenvalue weighted by Gasteiger charge is -2.41. The average Bonchev–Trinajstić information content (AvgIpc) is 3.46. The maximum absolute atomic E-state index is 14.4. The van der Waals surface area contributed by atoms with Gasteiger partial charge in [0, 0.05) is 32.0 Å². The van der Waals surface area contributed by atoms with Crippen molar-refractivity contribution >= 4 is 11.8 Å². The van der Waals surface area contributed by atoms with Crippen molar-refractivity contribution in [3.63, 3.8) is 0 Å². The molecule has 0 aromatic carbocycles. The SMILES string of the molecule is CCC(CCOC)CN=NC(C)C(CC)C(=O)OC1C(C)=CCC(C)CC2(C)C(C3C=C(COC(C)(C)O)C(C)C1(O)CC3=O)C2(C)C. The molecule has 48 heavy (non-hydrogen) atoms. The summed E-state index contributed by atoms with van der Waals surface area (Å²) in [6, 6.07) is -0.421. The highest BCUT2D eigenvalue weighted by atomic mass is 16.6. The van der Waals surface area contributed by atoms with Gasteiger partial charge in [-0.3, -0.25) is 9.59 Å². The van der Waals surface area contributed by atoms with Gasteiger partial charge in [-0.15, -0.1) is 0 Å². The molecule has 3 aliphatic rings. The van der Waals surface area contributed by atoms with Crippen LogP contribution < -0.4 is 0 Å². The zero-order chi connectivity index (χ0) is 36.2. The van der Waals surface area contributed by atoms with Crippen LogP contribution in [0.15, 0.2) is 33.5 Å². The Morgan fingerprint density at radius 2 is 1.83 bits per heavy atom. The van der Waals surface area contributed by atoms with Gasteiger partial charge in [0.15, 0.2) is 11.9 Å². The molecule has 0 aromatic rings. The molecule has 0 aliphatic heterocycles. The number of carbonyl (C=O) groups excluding carboxylic acids is 2. The molecule has 0 radical (unpaired) electrons. The summed E-state index contributed by atoms with van der Waals surface area (Å²) in [5, 5.41) is 32.3. The molecular weight excluding hydrogens is 608 g/mol. The maximum atomic E-state index is 14.4. The zero-order valence-electron chi connectivity index (χ0n) is 32.0. The number of esters is 1. The Morgan fingerprint density at radius 1 is 1.17 bits per heavy atom. The minimum atomic E-state index is -1.73. The predicted molar refractivity (Wildman–Crippen MR) is 188 cm³/mol. The Balaban J connectivity index is 2.02. The predicted octanol–water partition coefficient (Wildman–Crippen LogP) is 7.49. The Hall–Kier alpha value is -1.94. The van der Waals surface area contributed by atoms with Crippen LogP contribution in [0.4, 0.5) is 0 Å². The highest BCUT2D eigenvalue weighted by molar-refractivity contribution is 5.86. The van der Waals surface area contributed by atoms with Crippen molar-refractivity contribution in [1.82, 2.24) is 0 Å². The van der Waals surface area contributed by atoms with Crippen LogP contribution >= 0.6 is 0 Å². The maximum Gasteiger partial charge on any atom is 0.311 e. The second-order valence-electron chi connectivity index (χ2n) is 16.5. The molecule has 9 nitrogen and oxygen atoms in total. The lowest BCUT2D eigenvalue weighted by molar-refractivity contribution is -0.179. The number of carbonyl (C=O) groups is 2. The van der Waals surface area contributed by atoms with E-state index in [2.05, 4.69) is 50.9 Å². The zero-order valence-corrected chi connectivity index (χ0v) is 32.0. The molecule has 0 amide bonds. The lowest BCUT2D eigenvalue weighted by atomic mass is 9.74. The summed E-state index contributed by atoms with van der Waals surface area (Å²) in [5.41, 5.74) is -0.402. The van der Waals surface area contributed by atoms with E-state index < -0.39 is 47.3 Å². The number of hydrogen-bond acceptors (Lipinski definition) is 9. The number of rotatable bonds is 14. The second-order valence-corrected chi connectivity index (χ2v) is 16.5.